The van der Waals surface area contributed by atoms with Crippen LogP contribution >= 0.6 is 15.9 Å². The second-order valence-electron chi connectivity index (χ2n) is 5.09. The van der Waals surface area contributed by atoms with E-state index >= 15 is 0 Å². The van der Waals surface area contributed by atoms with Gasteiger partial charge in [0.2, 0.25) is 0 Å². The smallest absolute Gasteiger partial charge is 0.387 e. The van der Waals surface area contributed by atoms with Crippen LogP contribution in [0.1, 0.15) is 11.7 Å². The van der Waals surface area contributed by atoms with Gasteiger partial charge in [-0.2, -0.15) is 8.78 Å². The van der Waals surface area contributed by atoms with Crippen molar-refractivity contribution in [3.05, 3.63) is 52.6 Å². The van der Waals surface area contributed by atoms with Gasteiger partial charge in [0.25, 0.3) is 0 Å². The molecule has 7 heteroatoms. The van der Waals surface area contributed by atoms with E-state index in [1.807, 2.05) is 24.3 Å². The molecule has 1 saturated heterocycles. The molecule has 4 nitrogen and oxygen atoms in total. The summed E-state index contributed by atoms with van der Waals surface area (Å²) >= 11 is 3.42. The van der Waals surface area contributed by atoms with E-state index in [2.05, 4.69) is 30.6 Å². The van der Waals surface area contributed by atoms with Gasteiger partial charge >= 0.3 is 6.61 Å². The number of rotatable bonds is 4. The third kappa shape index (κ3) is 4.17. The summed E-state index contributed by atoms with van der Waals surface area (Å²) in [5, 5.41) is 0. The summed E-state index contributed by atoms with van der Waals surface area (Å²) < 4.78 is 35.5. The zero-order valence-corrected chi connectivity index (χ0v) is 13.7. The zero-order chi connectivity index (χ0) is 16.2. The molecule has 0 aliphatic carbocycles. The molecule has 23 heavy (non-hydrogen) atoms. The van der Waals surface area contributed by atoms with Crippen molar-refractivity contribution in [2.45, 2.75) is 12.7 Å². The number of hydrogen-bond acceptors (Lipinski definition) is 4. The summed E-state index contributed by atoms with van der Waals surface area (Å²) in [5.74, 6) is 0.776. The molecule has 0 unspecified atom stereocenters. The van der Waals surface area contributed by atoms with Crippen LogP contribution in [0.25, 0.3) is 0 Å². The summed E-state index contributed by atoms with van der Waals surface area (Å²) in [5.41, 5.74) is 1.09. The van der Waals surface area contributed by atoms with Gasteiger partial charge in [-0.3, -0.25) is 0 Å². The predicted octanol–water partition coefficient (Wildman–Crippen LogP) is 4.02. The summed E-state index contributed by atoms with van der Waals surface area (Å²) in [7, 11) is 0. The second-order valence-corrected chi connectivity index (χ2v) is 6.00. The van der Waals surface area contributed by atoms with Crippen LogP contribution in [-0.2, 0) is 4.74 Å². The van der Waals surface area contributed by atoms with Crippen molar-refractivity contribution in [3.8, 4) is 5.75 Å². The van der Waals surface area contributed by atoms with Crippen molar-refractivity contribution in [1.82, 2.24) is 4.98 Å². The Bertz CT molecular complexity index is 638. The van der Waals surface area contributed by atoms with E-state index < -0.39 is 6.61 Å². The molecular weight excluding hydrogens is 370 g/mol. The average molecular weight is 385 g/mol. The van der Waals surface area contributed by atoms with Crippen molar-refractivity contribution in [1.29, 1.82) is 0 Å². The summed E-state index contributed by atoms with van der Waals surface area (Å²) in [6, 6.07) is 11.2. The first kappa shape index (κ1) is 16.1. The summed E-state index contributed by atoms with van der Waals surface area (Å²) in [6.45, 7) is -0.899. The Kier molecular flexibility index (Phi) is 5.07. The fourth-order valence-electron chi connectivity index (χ4n) is 2.47. The van der Waals surface area contributed by atoms with E-state index in [4.69, 9.17) is 4.74 Å². The highest BCUT2D eigenvalue weighted by atomic mass is 79.9. The van der Waals surface area contributed by atoms with Crippen molar-refractivity contribution in [2.75, 3.05) is 24.6 Å². The molecule has 1 aromatic heterocycles. The lowest BCUT2D eigenvalue weighted by molar-refractivity contribution is -0.0500. The van der Waals surface area contributed by atoms with Gasteiger partial charge in [-0.25, -0.2) is 4.98 Å². The number of aromatic nitrogens is 1. The van der Waals surface area contributed by atoms with Crippen molar-refractivity contribution >= 4 is 21.7 Å². The van der Waals surface area contributed by atoms with Crippen molar-refractivity contribution < 1.29 is 18.3 Å². The predicted molar refractivity (Wildman–Crippen MR) is 85.9 cm³/mol. The Morgan fingerprint density at radius 2 is 2.00 bits per heavy atom. The number of ether oxygens (including phenoxy) is 2. The van der Waals surface area contributed by atoms with Crippen LogP contribution in [-0.4, -0.2) is 31.3 Å². The van der Waals surface area contributed by atoms with Gasteiger partial charge in [-0.05, 0) is 29.8 Å². The number of benzene rings is 1. The molecule has 0 saturated carbocycles. The Morgan fingerprint density at radius 3 is 2.65 bits per heavy atom. The highest BCUT2D eigenvalue weighted by Crippen LogP contribution is 2.27. The minimum Gasteiger partial charge on any atom is -0.433 e. The van der Waals surface area contributed by atoms with Crippen LogP contribution < -0.4 is 9.64 Å². The van der Waals surface area contributed by atoms with Crippen LogP contribution in [0.5, 0.6) is 5.75 Å². The molecule has 122 valence electrons. The second kappa shape index (κ2) is 7.23. The van der Waals surface area contributed by atoms with Gasteiger partial charge in [0.05, 0.1) is 12.8 Å². The lowest BCUT2D eigenvalue weighted by Crippen LogP contribution is -2.38. The van der Waals surface area contributed by atoms with Crippen LogP contribution in [0.15, 0.2) is 47.1 Å². The first-order chi connectivity index (χ1) is 11.1. The van der Waals surface area contributed by atoms with E-state index in [9.17, 15) is 8.78 Å². The third-order valence-corrected chi connectivity index (χ3v) is 4.11. The average Bonchev–Trinajstić information content (AvgIpc) is 2.56. The molecule has 1 aliphatic rings. The maximum absolute atomic E-state index is 12.2. The Morgan fingerprint density at radius 1 is 1.22 bits per heavy atom. The Hall–Kier alpha value is -1.73. The number of halogens is 3. The fourth-order valence-corrected chi connectivity index (χ4v) is 2.73. The Labute approximate surface area is 141 Å². The standard InChI is InChI=1S/C16H15BrF2N2O2/c17-12-3-1-11(2-4-12)14-10-21(7-8-22-14)15-6-5-13(9-20-15)23-16(18)19/h1-6,9,14,16H,7-8,10H2/t14-/m1/s1. The molecule has 0 amide bonds. The molecule has 2 heterocycles. The van der Waals surface area contributed by atoms with Crippen molar-refractivity contribution in [2.24, 2.45) is 0 Å². The van der Waals surface area contributed by atoms with E-state index in [0.29, 0.717) is 19.7 Å². The number of hydrogen-bond donors (Lipinski definition) is 0. The molecule has 1 aromatic carbocycles. The molecule has 2 aromatic rings. The first-order valence-corrected chi connectivity index (χ1v) is 7.94. The minimum atomic E-state index is -2.84. The molecular formula is C16H15BrF2N2O2. The molecule has 0 N–H and O–H groups in total. The van der Waals surface area contributed by atoms with Gasteiger partial charge in [-0.1, -0.05) is 28.1 Å². The number of nitrogens with zero attached hydrogens (tertiary/aromatic N) is 2. The fraction of sp³-hybridized carbons (Fsp3) is 0.312. The van der Waals surface area contributed by atoms with Crippen LogP contribution in [0.4, 0.5) is 14.6 Å². The quantitative estimate of drug-likeness (QED) is 0.796. The molecule has 0 bridgehead atoms. The van der Waals surface area contributed by atoms with Crippen LogP contribution in [0.2, 0.25) is 0 Å². The lowest BCUT2D eigenvalue weighted by atomic mass is 10.1. The van der Waals surface area contributed by atoms with E-state index in [1.54, 1.807) is 6.07 Å². The Balaban J connectivity index is 1.69. The maximum atomic E-state index is 12.2. The number of anilines is 1. The van der Waals surface area contributed by atoms with Gasteiger partial charge in [0.1, 0.15) is 17.7 Å². The summed E-state index contributed by atoms with van der Waals surface area (Å²) in [6.07, 6.45) is 1.27. The SMILES string of the molecule is FC(F)Oc1ccc(N2CCO[C@@H](c3ccc(Br)cc3)C2)nc1. The normalized spacial score (nSPS) is 18.3. The monoisotopic (exact) mass is 384 g/mol. The largest absolute Gasteiger partial charge is 0.433 e. The van der Waals surface area contributed by atoms with Gasteiger partial charge < -0.3 is 14.4 Å². The highest BCUT2D eigenvalue weighted by Gasteiger charge is 2.23. The van der Waals surface area contributed by atoms with Gasteiger partial charge in [0, 0.05) is 17.6 Å². The van der Waals surface area contributed by atoms with E-state index in [1.165, 1.54) is 12.3 Å². The zero-order valence-electron chi connectivity index (χ0n) is 12.2. The third-order valence-electron chi connectivity index (χ3n) is 3.58. The molecule has 0 spiro atoms. The van der Waals surface area contributed by atoms with Gasteiger partial charge in [-0.15, -0.1) is 0 Å². The highest BCUT2D eigenvalue weighted by molar-refractivity contribution is 9.10. The maximum Gasteiger partial charge on any atom is 0.387 e. The minimum absolute atomic E-state index is 0.0457. The van der Waals surface area contributed by atoms with Gasteiger partial charge in [0.15, 0.2) is 0 Å². The lowest BCUT2D eigenvalue weighted by Gasteiger charge is -2.34. The number of morpholine rings is 1. The van der Waals surface area contributed by atoms with Crippen LogP contribution in [0.3, 0.4) is 0 Å². The topological polar surface area (TPSA) is 34.6 Å². The molecule has 1 aliphatic heterocycles. The van der Waals surface area contributed by atoms with E-state index in [0.717, 1.165) is 15.9 Å². The molecule has 1 atom stereocenters. The van der Waals surface area contributed by atoms with Crippen LogP contribution in [0, 0.1) is 0 Å². The molecule has 0 radical (unpaired) electrons. The summed E-state index contributed by atoms with van der Waals surface area (Å²) in [4.78, 5) is 6.27. The van der Waals surface area contributed by atoms with Crippen molar-refractivity contribution in [3.63, 3.8) is 0 Å². The molecule has 1 fully saturated rings. The van der Waals surface area contributed by atoms with E-state index in [-0.39, 0.29) is 11.9 Å². The first-order valence-electron chi connectivity index (χ1n) is 7.15. The number of pyridine rings is 1. The molecule has 3 rings (SSSR count). The number of alkyl halides is 2.